The number of thioether (sulfide) groups is 1. The Morgan fingerprint density at radius 2 is 1.41 bits per heavy atom. The van der Waals surface area contributed by atoms with Crippen LogP contribution in [0.3, 0.4) is 0 Å². The first-order chi connectivity index (χ1) is 13.8. The van der Waals surface area contributed by atoms with Gasteiger partial charge in [-0.15, -0.1) is 0 Å². The van der Waals surface area contributed by atoms with E-state index in [2.05, 4.69) is 27.7 Å². The van der Waals surface area contributed by atoms with Gasteiger partial charge in [0.15, 0.2) is 6.17 Å². The average Bonchev–Trinajstić information content (AvgIpc) is 3.34. The molecule has 29 heavy (non-hydrogen) atoms. The first-order valence-electron chi connectivity index (χ1n) is 9.86. The summed E-state index contributed by atoms with van der Waals surface area (Å²) in [5.74, 6) is 0.668. The van der Waals surface area contributed by atoms with E-state index in [1.54, 1.807) is 19.0 Å². The van der Waals surface area contributed by atoms with Gasteiger partial charge in [0.2, 0.25) is 0 Å². The lowest BCUT2D eigenvalue weighted by atomic mass is 10.1. The number of hydrogen-bond acceptors (Lipinski definition) is 4. The van der Waals surface area contributed by atoms with Gasteiger partial charge in [0.1, 0.15) is 0 Å². The summed E-state index contributed by atoms with van der Waals surface area (Å²) in [6.07, 6.45) is 3.71. The number of hydrogen-bond donors (Lipinski definition) is 0. The van der Waals surface area contributed by atoms with Gasteiger partial charge in [-0.05, 0) is 41.8 Å². The van der Waals surface area contributed by atoms with Crippen molar-refractivity contribution in [2.75, 3.05) is 14.1 Å². The Balaban J connectivity index is 2.11. The van der Waals surface area contributed by atoms with Crippen molar-refractivity contribution in [2.24, 2.45) is 0 Å². The molecule has 0 saturated heterocycles. The summed E-state index contributed by atoms with van der Waals surface area (Å²) < 4.78 is 3.87. The second kappa shape index (κ2) is 8.86. The summed E-state index contributed by atoms with van der Waals surface area (Å²) in [6.45, 7) is 8.52. The lowest BCUT2D eigenvalue weighted by Gasteiger charge is -2.22. The molecule has 0 unspecified atom stereocenters. The van der Waals surface area contributed by atoms with Gasteiger partial charge in [0.25, 0.3) is 5.24 Å². The van der Waals surface area contributed by atoms with E-state index in [1.807, 2.05) is 58.2 Å². The van der Waals surface area contributed by atoms with Crippen molar-refractivity contribution in [3.05, 3.63) is 65.7 Å². The summed E-state index contributed by atoms with van der Waals surface area (Å²) in [4.78, 5) is 14.9. The molecule has 2 aromatic heterocycles. The molecule has 0 aliphatic carbocycles. The van der Waals surface area contributed by atoms with Crippen LogP contribution in [0.4, 0.5) is 4.79 Å². The van der Waals surface area contributed by atoms with Crippen molar-refractivity contribution < 1.29 is 4.79 Å². The molecular weight excluding hydrogens is 382 g/mol. The second-order valence-electron chi connectivity index (χ2n) is 7.92. The minimum atomic E-state index is -0.270. The fourth-order valence-electron chi connectivity index (χ4n) is 2.97. The SMILES string of the molecule is CC(C)c1ccn(C(c2ccccc2SC(=O)N(C)C)n2ccc(C(C)C)n2)n1. The third-order valence-electron chi connectivity index (χ3n) is 4.70. The van der Waals surface area contributed by atoms with Crippen LogP contribution in [0.5, 0.6) is 0 Å². The van der Waals surface area contributed by atoms with Crippen LogP contribution in [0.25, 0.3) is 0 Å². The molecule has 0 radical (unpaired) electrons. The topological polar surface area (TPSA) is 56.0 Å². The van der Waals surface area contributed by atoms with Crippen LogP contribution in [0, 0.1) is 0 Å². The summed E-state index contributed by atoms with van der Waals surface area (Å²) in [5.41, 5.74) is 3.05. The molecule has 3 aromatic rings. The fourth-order valence-corrected chi connectivity index (χ4v) is 3.78. The number of benzene rings is 1. The van der Waals surface area contributed by atoms with Crippen LogP contribution in [0.15, 0.2) is 53.7 Å². The first-order valence-corrected chi connectivity index (χ1v) is 10.7. The molecule has 0 spiro atoms. The van der Waals surface area contributed by atoms with Gasteiger partial charge in [-0.25, -0.2) is 9.36 Å². The summed E-state index contributed by atoms with van der Waals surface area (Å²) in [5, 5.41) is 9.64. The van der Waals surface area contributed by atoms with E-state index in [-0.39, 0.29) is 11.4 Å². The highest BCUT2D eigenvalue weighted by atomic mass is 32.2. The van der Waals surface area contributed by atoms with Crippen molar-refractivity contribution in [3.8, 4) is 0 Å². The van der Waals surface area contributed by atoms with Gasteiger partial charge >= 0.3 is 0 Å². The third kappa shape index (κ3) is 4.72. The predicted octanol–water partition coefficient (Wildman–Crippen LogP) is 5.20. The van der Waals surface area contributed by atoms with E-state index in [4.69, 9.17) is 10.2 Å². The number of rotatable bonds is 6. The van der Waals surface area contributed by atoms with E-state index in [0.717, 1.165) is 21.8 Å². The molecule has 154 valence electrons. The van der Waals surface area contributed by atoms with Crippen LogP contribution in [-0.4, -0.2) is 43.8 Å². The molecule has 6 nitrogen and oxygen atoms in total. The van der Waals surface area contributed by atoms with Gasteiger partial charge < -0.3 is 4.90 Å². The maximum absolute atomic E-state index is 12.4. The number of nitrogens with zero attached hydrogens (tertiary/aromatic N) is 5. The Bertz CT molecular complexity index is 927. The zero-order chi connectivity index (χ0) is 21.1. The third-order valence-corrected chi connectivity index (χ3v) is 5.83. The Morgan fingerprint density at radius 1 is 0.897 bits per heavy atom. The van der Waals surface area contributed by atoms with Crippen LogP contribution in [-0.2, 0) is 0 Å². The van der Waals surface area contributed by atoms with Crippen LogP contribution in [0.2, 0.25) is 0 Å². The molecule has 3 rings (SSSR count). The Kier molecular flexibility index (Phi) is 6.47. The van der Waals surface area contributed by atoms with E-state index < -0.39 is 0 Å². The number of amides is 1. The van der Waals surface area contributed by atoms with Crippen molar-refractivity contribution in [1.82, 2.24) is 24.5 Å². The quantitative estimate of drug-likeness (QED) is 0.524. The smallest absolute Gasteiger partial charge is 0.285 e. The molecular formula is C22H29N5OS. The lowest BCUT2D eigenvalue weighted by molar-refractivity contribution is 0.241. The molecule has 0 aliphatic rings. The minimum absolute atomic E-state index is 0.0112. The molecule has 1 amide bonds. The van der Waals surface area contributed by atoms with E-state index in [9.17, 15) is 4.79 Å². The largest absolute Gasteiger partial charge is 0.339 e. The van der Waals surface area contributed by atoms with Gasteiger partial charge in [-0.1, -0.05) is 45.9 Å². The zero-order valence-corrected chi connectivity index (χ0v) is 18.7. The molecule has 0 aliphatic heterocycles. The summed E-state index contributed by atoms with van der Waals surface area (Å²) in [7, 11) is 3.53. The molecule has 7 heteroatoms. The highest BCUT2D eigenvalue weighted by molar-refractivity contribution is 8.13. The standard InChI is InChI=1S/C22H29N5OS/c1-15(2)18-11-13-26(23-18)21(27-14-12-19(24-27)16(3)4)17-9-7-8-10-20(17)29-22(28)25(5)6/h7-16,21H,1-6H3. The molecule has 0 bridgehead atoms. The maximum Gasteiger partial charge on any atom is 0.285 e. The van der Waals surface area contributed by atoms with Gasteiger partial charge in [0, 0.05) is 36.9 Å². The zero-order valence-electron chi connectivity index (χ0n) is 17.9. The monoisotopic (exact) mass is 411 g/mol. The summed E-state index contributed by atoms with van der Waals surface area (Å²) in [6, 6.07) is 12.1. The number of carbonyl (C=O) groups is 1. The van der Waals surface area contributed by atoms with Crippen LogP contribution >= 0.6 is 11.8 Å². The van der Waals surface area contributed by atoms with Crippen molar-refractivity contribution in [2.45, 2.75) is 50.6 Å². The fraction of sp³-hybridized carbons (Fsp3) is 0.409. The highest BCUT2D eigenvalue weighted by Crippen LogP contribution is 2.32. The first kappa shape index (κ1) is 21.2. The van der Waals surface area contributed by atoms with Gasteiger partial charge in [-0.2, -0.15) is 10.2 Å². The molecule has 1 aromatic carbocycles. The van der Waals surface area contributed by atoms with Crippen LogP contribution < -0.4 is 0 Å². The molecule has 0 saturated carbocycles. The van der Waals surface area contributed by atoms with Gasteiger partial charge in [-0.3, -0.25) is 4.79 Å². The molecule has 0 atom stereocenters. The Hall–Kier alpha value is -2.54. The van der Waals surface area contributed by atoms with E-state index in [1.165, 1.54) is 11.8 Å². The van der Waals surface area contributed by atoms with Crippen LogP contribution in [0.1, 0.15) is 62.6 Å². The van der Waals surface area contributed by atoms with E-state index in [0.29, 0.717) is 11.8 Å². The highest BCUT2D eigenvalue weighted by Gasteiger charge is 2.24. The van der Waals surface area contributed by atoms with Crippen molar-refractivity contribution in [3.63, 3.8) is 0 Å². The normalized spacial score (nSPS) is 11.6. The second-order valence-corrected chi connectivity index (χ2v) is 8.92. The van der Waals surface area contributed by atoms with Crippen molar-refractivity contribution >= 4 is 17.0 Å². The number of carbonyl (C=O) groups excluding carboxylic acids is 1. The number of aromatic nitrogens is 4. The Labute approximate surface area is 176 Å². The average molecular weight is 412 g/mol. The van der Waals surface area contributed by atoms with Gasteiger partial charge in [0.05, 0.1) is 11.4 Å². The predicted molar refractivity (Wildman–Crippen MR) is 118 cm³/mol. The van der Waals surface area contributed by atoms with E-state index >= 15 is 0 Å². The molecule has 0 fully saturated rings. The van der Waals surface area contributed by atoms with Crippen molar-refractivity contribution in [1.29, 1.82) is 0 Å². The lowest BCUT2D eigenvalue weighted by Crippen LogP contribution is -2.23. The molecule has 2 heterocycles. The molecule has 0 N–H and O–H groups in total. The summed E-state index contributed by atoms with van der Waals surface area (Å²) >= 11 is 1.23. The minimum Gasteiger partial charge on any atom is -0.339 e. The Morgan fingerprint density at radius 3 is 1.86 bits per heavy atom. The maximum atomic E-state index is 12.4.